The Bertz CT molecular complexity index is 386. The van der Waals surface area contributed by atoms with Gasteiger partial charge in [0.25, 0.3) is 0 Å². The van der Waals surface area contributed by atoms with Gasteiger partial charge in [-0.25, -0.2) is 4.39 Å². The SMILES string of the molecule is CC(C)(C)c1ccc(O[C@H]2CCNC[C@H]2F)cn1. The van der Waals surface area contributed by atoms with Crippen molar-refractivity contribution < 1.29 is 9.13 Å². The number of hydrogen-bond donors (Lipinski definition) is 1. The number of piperidine rings is 1. The minimum absolute atomic E-state index is 0.0237. The summed E-state index contributed by atoms with van der Waals surface area (Å²) in [4.78, 5) is 4.38. The predicted molar refractivity (Wildman–Crippen MR) is 69.7 cm³/mol. The lowest BCUT2D eigenvalue weighted by atomic mass is 9.92. The van der Waals surface area contributed by atoms with E-state index in [1.54, 1.807) is 6.20 Å². The van der Waals surface area contributed by atoms with Gasteiger partial charge in [0.15, 0.2) is 0 Å². The van der Waals surface area contributed by atoms with Crippen molar-refractivity contribution in [3.63, 3.8) is 0 Å². The summed E-state index contributed by atoms with van der Waals surface area (Å²) in [5.74, 6) is 0.651. The normalized spacial score (nSPS) is 24.9. The van der Waals surface area contributed by atoms with E-state index in [1.807, 2.05) is 12.1 Å². The highest BCUT2D eigenvalue weighted by molar-refractivity contribution is 5.23. The van der Waals surface area contributed by atoms with Gasteiger partial charge < -0.3 is 10.1 Å². The van der Waals surface area contributed by atoms with Crippen molar-refractivity contribution in [3.05, 3.63) is 24.0 Å². The number of ether oxygens (including phenoxy) is 1. The first-order chi connectivity index (χ1) is 8.47. The molecule has 3 nitrogen and oxygen atoms in total. The van der Waals surface area contributed by atoms with Gasteiger partial charge in [-0.2, -0.15) is 0 Å². The molecule has 1 aromatic rings. The molecule has 1 aromatic heterocycles. The fourth-order valence-corrected chi connectivity index (χ4v) is 2.00. The molecule has 2 heterocycles. The molecule has 0 saturated carbocycles. The fraction of sp³-hybridized carbons (Fsp3) is 0.643. The van der Waals surface area contributed by atoms with Crippen molar-refractivity contribution in [3.8, 4) is 5.75 Å². The van der Waals surface area contributed by atoms with Crippen LogP contribution in [0.2, 0.25) is 0 Å². The molecule has 1 fully saturated rings. The van der Waals surface area contributed by atoms with Crippen molar-refractivity contribution in [1.82, 2.24) is 10.3 Å². The number of halogens is 1. The Kier molecular flexibility index (Phi) is 3.85. The zero-order valence-electron chi connectivity index (χ0n) is 11.2. The lowest BCUT2D eigenvalue weighted by molar-refractivity contribution is 0.0728. The Morgan fingerprint density at radius 3 is 2.72 bits per heavy atom. The molecule has 0 radical (unpaired) electrons. The molecule has 4 heteroatoms. The molecule has 100 valence electrons. The van der Waals surface area contributed by atoms with Crippen LogP contribution in [0.1, 0.15) is 32.9 Å². The summed E-state index contributed by atoms with van der Waals surface area (Å²) < 4.78 is 19.3. The van der Waals surface area contributed by atoms with E-state index in [-0.39, 0.29) is 11.5 Å². The van der Waals surface area contributed by atoms with Crippen LogP contribution in [0.3, 0.4) is 0 Å². The van der Waals surface area contributed by atoms with Gasteiger partial charge in [-0.05, 0) is 25.1 Å². The third-order valence-electron chi connectivity index (χ3n) is 3.14. The molecule has 0 aliphatic carbocycles. The number of nitrogens with one attached hydrogen (secondary N) is 1. The molecule has 0 spiro atoms. The van der Waals surface area contributed by atoms with E-state index in [4.69, 9.17) is 4.74 Å². The maximum Gasteiger partial charge on any atom is 0.149 e. The number of nitrogens with zero attached hydrogens (tertiary/aromatic N) is 1. The maximum absolute atomic E-state index is 13.6. The second-order valence-electron chi connectivity index (χ2n) is 5.79. The van der Waals surface area contributed by atoms with Gasteiger partial charge in [0.2, 0.25) is 0 Å². The number of alkyl halides is 1. The molecule has 2 rings (SSSR count). The fourth-order valence-electron chi connectivity index (χ4n) is 2.00. The summed E-state index contributed by atoms with van der Waals surface area (Å²) in [6.45, 7) is 7.51. The van der Waals surface area contributed by atoms with Gasteiger partial charge in [0.1, 0.15) is 18.0 Å². The van der Waals surface area contributed by atoms with E-state index < -0.39 is 6.17 Å². The average molecular weight is 252 g/mol. The van der Waals surface area contributed by atoms with Crippen LogP contribution in [0.15, 0.2) is 18.3 Å². The van der Waals surface area contributed by atoms with Gasteiger partial charge in [-0.1, -0.05) is 20.8 Å². The van der Waals surface area contributed by atoms with Crippen molar-refractivity contribution in [2.75, 3.05) is 13.1 Å². The first-order valence-corrected chi connectivity index (χ1v) is 6.45. The third-order valence-corrected chi connectivity index (χ3v) is 3.14. The van der Waals surface area contributed by atoms with E-state index in [2.05, 4.69) is 31.1 Å². The quantitative estimate of drug-likeness (QED) is 0.878. The summed E-state index contributed by atoms with van der Waals surface area (Å²) in [6, 6.07) is 3.83. The second kappa shape index (κ2) is 5.22. The Labute approximate surface area is 108 Å². The minimum Gasteiger partial charge on any atom is -0.486 e. The van der Waals surface area contributed by atoms with E-state index >= 15 is 0 Å². The lowest BCUT2D eigenvalue weighted by Crippen LogP contribution is -2.44. The summed E-state index contributed by atoms with van der Waals surface area (Å²) in [5.41, 5.74) is 1.03. The van der Waals surface area contributed by atoms with E-state index in [9.17, 15) is 4.39 Å². The van der Waals surface area contributed by atoms with Gasteiger partial charge in [-0.3, -0.25) is 4.98 Å². The van der Waals surface area contributed by atoms with Crippen LogP contribution in [0.5, 0.6) is 5.75 Å². The van der Waals surface area contributed by atoms with Crippen molar-refractivity contribution >= 4 is 0 Å². The van der Waals surface area contributed by atoms with Crippen LogP contribution in [0.4, 0.5) is 4.39 Å². The molecule has 0 aromatic carbocycles. The molecule has 0 amide bonds. The Hall–Kier alpha value is -1.16. The van der Waals surface area contributed by atoms with Gasteiger partial charge >= 0.3 is 0 Å². The van der Waals surface area contributed by atoms with Gasteiger partial charge in [0, 0.05) is 17.7 Å². The highest BCUT2D eigenvalue weighted by atomic mass is 19.1. The Morgan fingerprint density at radius 2 is 2.17 bits per heavy atom. The monoisotopic (exact) mass is 252 g/mol. The average Bonchev–Trinajstić information content (AvgIpc) is 2.32. The summed E-state index contributed by atoms with van der Waals surface area (Å²) in [5, 5.41) is 3.01. The first-order valence-electron chi connectivity index (χ1n) is 6.45. The lowest BCUT2D eigenvalue weighted by Gasteiger charge is -2.27. The number of hydrogen-bond acceptors (Lipinski definition) is 3. The van der Waals surface area contributed by atoms with Crippen molar-refractivity contribution in [2.24, 2.45) is 0 Å². The van der Waals surface area contributed by atoms with E-state index in [1.165, 1.54) is 0 Å². The zero-order valence-corrected chi connectivity index (χ0v) is 11.2. The van der Waals surface area contributed by atoms with E-state index in [0.717, 1.165) is 12.2 Å². The molecule has 1 N–H and O–H groups in total. The molecule has 1 aliphatic rings. The first kappa shape index (κ1) is 13.3. The largest absolute Gasteiger partial charge is 0.486 e. The van der Waals surface area contributed by atoms with Gasteiger partial charge in [0.05, 0.1) is 6.20 Å². The van der Waals surface area contributed by atoms with Gasteiger partial charge in [-0.15, -0.1) is 0 Å². The minimum atomic E-state index is -0.943. The second-order valence-corrected chi connectivity index (χ2v) is 5.79. The molecule has 0 unspecified atom stereocenters. The Balaban J connectivity index is 2.02. The Morgan fingerprint density at radius 1 is 1.39 bits per heavy atom. The van der Waals surface area contributed by atoms with Crippen molar-refractivity contribution in [1.29, 1.82) is 0 Å². The van der Waals surface area contributed by atoms with Crippen LogP contribution in [-0.2, 0) is 5.41 Å². The summed E-state index contributed by atoms with van der Waals surface area (Å²) in [6.07, 6.45) is 1.09. The van der Waals surface area contributed by atoms with Crippen molar-refractivity contribution in [2.45, 2.75) is 44.9 Å². The molecule has 1 saturated heterocycles. The van der Waals surface area contributed by atoms with Crippen LogP contribution in [0.25, 0.3) is 0 Å². The van der Waals surface area contributed by atoms with E-state index in [0.29, 0.717) is 18.7 Å². The molecular formula is C14H21FN2O. The summed E-state index contributed by atoms with van der Waals surface area (Å²) >= 11 is 0. The molecular weight excluding hydrogens is 231 g/mol. The van der Waals surface area contributed by atoms with Crippen LogP contribution >= 0.6 is 0 Å². The molecule has 18 heavy (non-hydrogen) atoms. The topological polar surface area (TPSA) is 34.1 Å². The number of rotatable bonds is 2. The summed E-state index contributed by atoms with van der Waals surface area (Å²) in [7, 11) is 0. The molecule has 0 bridgehead atoms. The third kappa shape index (κ3) is 3.19. The predicted octanol–water partition coefficient (Wildman–Crippen LogP) is 2.46. The smallest absolute Gasteiger partial charge is 0.149 e. The number of pyridine rings is 1. The highest BCUT2D eigenvalue weighted by Gasteiger charge is 2.26. The van der Waals surface area contributed by atoms with Crippen LogP contribution in [0, 0.1) is 0 Å². The van der Waals surface area contributed by atoms with Crippen LogP contribution in [-0.4, -0.2) is 30.3 Å². The zero-order chi connectivity index (χ0) is 13.2. The highest BCUT2D eigenvalue weighted by Crippen LogP contribution is 2.23. The van der Waals surface area contributed by atoms with Crippen LogP contribution < -0.4 is 10.1 Å². The molecule has 2 atom stereocenters. The molecule has 1 aliphatic heterocycles. The number of aromatic nitrogens is 1. The maximum atomic E-state index is 13.6. The standard InChI is InChI=1S/C14H21FN2O/c1-14(2,3)13-5-4-10(8-17-13)18-12-6-7-16-9-11(12)15/h4-5,8,11-12,16H,6-7,9H2,1-3H3/t11-,12+/m1/s1.